The minimum Gasteiger partial charge on any atom is -0.389 e. The lowest BCUT2D eigenvalue weighted by molar-refractivity contribution is -0.119. The van der Waals surface area contributed by atoms with E-state index in [1.807, 2.05) is 0 Å². The van der Waals surface area contributed by atoms with Crippen LogP contribution in [-0.4, -0.2) is 32.4 Å². The topological polar surface area (TPSA) is 101 Å². The normalized spacial score (nSPS) is 11.1. The Morgan fingerprint density at radius 3 is 2.55 bits per heavy atom. The van der Waals surface area contributed by atoms with Crippen LogP contribution in [0, 0.1) is 6.92 Å². The third-order valence-corrected chi connectivity index (χ3v) is 4.19. The van der Waals surface area contributed by atoms with E-state index in [2.05, 4.69) is 10.0 Å². The van der Waals surface area contributed by atoms with Crippen molar-refractivity contribution < 1.29 is 13.2 Å². The van der Waals surface area contributed by atoms with Crippen LogP contribution in [0.15, 0.2) is 23.1 Å². The molecule has 0 aliphatic heterocycles. The fourth-order valence-corrected chi connectivity index (χ4v) is 2.88. The summed E-state index contributed by atoms with van der Waals surface area (Å²) in [5.74, 6) is -0.382. The van der Waals surface area contributed by atoms with E-state index < -0.39 is 10.0 Å². The Hall–Kier alpha value is -1.51. The number of benzene rings is 1. The third-order valence-electron chi connectivity index (χ3n) is 2.57. The zero-order valence-corrected chi connectivity index (χ0v) is 12.9. The van der Waals surface area contributed by atoms with Crippen molar-refractivity contribution in [2.75, 3.05) is 13.1 Å². The van der Waals surface area contributed by atoms with Gasteiger partial charge in [-0.05, 0) is 31.5 Å². The van der Waals surface area contributed by atoms with Gasteiger partial charge >= 0.3 is 0 Å². The molecule has 0 aliphatic rings. The zero-order chi connectivity index (χ0) is 15.3. The highest BCUT2D eigenvalue weighted by Gasteiger charge is 2.16. The smallest absolute Gasteiger partial charge is 0.241 e. The number of nitrogens with one attached hydrogen (secondary N) is 2. The molecule has 0 spiro atoms. The van der Waals surface area contributed by atoms with E-state index in [9.17, 15) is 13.2 Å². The minimum atomic E-state index is -3.73. The number of hydrogen-bond donors (Lipinski definition) is 3. The summed E-state index contributed by atoms with van der Waals surface area (Å²) in [4.78, 5) is 11.5. The van der Waals surface area contributed by atoms with Crippen molar-refractivity contribution in [1.29, 1.82) is 0 Å². The highest BCUT2D eigenvalue weighted by atomic mass is 32.2. The van der Waals surface area contributed by atoms with Gasteiger partial charge in [0.2, 0.25) is 15.9 Å². The van der Waals surface area contributed by atoms with Gasteiger partial charge in [-0.1, -0.05) is 18.3 Å². The summed E-state index contributed by atoms with van der Waals surface area (Å²) in [5.41, 5.74) is 6.81. The summed E-state index contributed by atoms with van der Waals surface area (Å²) in [6.07, 6.45) is 0. The van der Waals surface area contributed by atoms with Gasteiger partial charge in [-0.15, -0.1) is 0 Å². The van der Waals surface area contributed by atoms with Gasteiger partial charge in [-0.25, -0.2) is 13.1 Å². The van der Waals surface area contributed by atoms with Gasteiger partial charge in [0.15, 0.2) is 0 Å². The van der Waals surface area contributed by atoms with Crippen molar-refractivity contribution in [3.8, 4) is 0 Å². The highest BCUT2D eigenvalue weighted by Crippen LogP contribution is 2.15. The summed E-state index contributed by atoms with van der Waals surface area (Å²) in [6, 6.07) is 4.43. The van der Waals surface area contributed by atoms with Crippen LogP contribution < -0.4 is 15.8 Å². The van der Waals surface area contributed by atoms with Crippen molar-refractivity contribution in [1.82, 2.24) is 10.0 Å². The summed E-state index contributed by atoms with van der Waals surface area (Å²) in [5, 5.41) is 2.51. The van der Waals surface area contributed by atoms with Crippen molar-refractivity contribution in [3.05, 3.63) is 29.3 Å². The molecule has 1 aromatic rings. The molecule has 110 valence electrons. The summed E-state index contributed by atoms with van der Waals surface area (Å²) < 4.78 is 26.3. The SMILES string of the molecule is CCNC(=O)CNS(=O)(=O)c1ccc(C(N)=S)c(C)c1. The summed E-state index contributed by atoms with van der Waals surface area (Å²) in [7, 11) is -3.73. The number of likely N-dealkylation sites (N-methyl/N-ethyl adjacent to an activating group) is 1. The molecule has 8 heteroatoms. The molecule has 6 nitrogen and oxygen atoms in total. The molecule has 1 amide bonds. The van der Waals surface area contributed by atoms with Crippen LogP contribution in [0.1, 0.15) is 18.1 Å². The van der Waals surface area contributed by atoms with Crippen molar-refractivity contribution in [2.45, 2.75) is 18.7 Å². The fourth-order valence-electron chi connectivity index (χ4n) is 1.58. The van der Waals surface area contributed by atoms with Crippen LogP contribution >= 0.6 is 12.2 Å². The lowest BCUT2D eigenvalue weighted by Gasteiger charge is -2.09. The van der Waals surface area contributed by atoms with E-state index in [0.717, 1.165) is 0 Å². The highest BCUT2D eigenvalue weighted by molar-refractivity contribution is 7.89. The van der Waals surface area contributed by atoms with Gasteiger partial charge in [0, 0.05) is 12.1 Å². The first-order valence-electron chi connectivity index (χ1n) is 5.94. The minimum absolute atomic E-state index is 0.0688. The molecule has 0 saturated carbocycles. The molecule has 0 bridgehead atoms. The molecule has 0 unspecified atom stereocenters. The molecule has 1 rings (SSSR count). The van der Waals surface area contributed by atoms with Crippen molar-refractivity contribution in [2.24, 2.45) is 5.73 Å². The Kier molecular flexibility index (Phi) is 5.61. The second-order valence-electron chi connectivity index (χ2n) is 4.12. The molecule has 0 radical (unpaired) electrons. The van der Waals surface area contributed by atoms with E-state index in [-0.39, 0.29) is 22.3 Å². The number of amides is 1. The maximum atomic E-state index is 12.0. The van der Waals surface area contributed by atoms with Gasteiger partial charge in [0.05, 0.1) is 11.4 Å². The van der Waals surface area contributed by atoms with Gasteiger partial charge in [0.25, 0.3) is 0 Å². The lowest BCUT2D eigenvalue weighted by atomic mass is 10.1. The average molecular weight is 315 g/mol. The van der Waals surface area contributed by atoms with Crippen LogP contribution in [0.3, 0.4) is 0 Å². The Bertz CT molecular complexity index is 627. The number of carbonyl (C=O) groups excluding carboxylic acids is 1. The molecular weight excluding hydrogens is 298 g/mol. The molecule has 0 heterocycles. The predicted molar refractivity (Wildman–Crippen MR) is 80.9 cm³/mol. The number of nitrogens with two attached hydrogens (primary N) is 1. The van der Waals surface area contributed by atoms with Gasteiger partial charge in [-0.2, -0.15) is 0 Å². The van der Waals surface area contributed by atoms with E-state index in [1.54, 1.807) is 19.9 Å². The first kappa shape index (κ1) is 16.5. The van der Waals surface area contributed by atoms with Gasteiger partial charge < -0.3 is 11.1 Å². The van der Waals surface area contributed by atoms with Crippen LogP contribution in [0.2, 0.25) is 0 Å². The Labute approximate surface area is 123 Å². The fraction of sp³-hybridized carbons (Fsp3) is 0.333. The number of aryl methyl sites for hydroxylation is 1. The maximum absolute atomic E-state index is 12.0. The van der Waals surface area contributed by atoms with Gasteiger partial charge in [0.1, 0.15) is 4.99 Å². The molecule has 0 aromatic heterocycles. The monoisotopic (exact) mass is 315 g/mol. The number of hydrogen-bond acceptors (Lipinski definition) is 4. The molecular formula is C12H17N3O3S2. The zero-order valence-electron chi connectivity index (χ0n) is 11.3. The van der Waals surface area contributed by atoms with Crippen LogP contribution in [0.25, 0.3) is 0 Å². The molecule has 4 N–H and O–H groups in total. The average Bonchev–Trinajstić information content (AvgIpc) is 2.36. The molecule has 0 fully saturated rings. The lowest BCUT2D eigenvalue weighted by Crippen LogP contribution is -2.36. The van der Waals surface area contributed by atoms with E-state index >= 15 is 0 Å². The second kappa shape index (κ2) is 6.78. The molecule has 0 aliphatic carbocycles. The molecule has 0 saturated heterocycles. The molecule has 20 heavy (non-hydrogen) atoms. The largest absolute Gasteiger partial charge is 0.389 e. The van der Waals surface area contributed by atoms with E-state index in [4.69, 9.17) is 18.0 Å². The first-order chi connectivity index (χ1) is 9.27. The van der Waals surface area contributed by atoms with E-state index in [0.29, 0.717) is 17.7 Å². The maximum Gasteiger partial charge on any atom is 0.241 e. The van der Waals surface area contributed by atoms with E-state index in [1.165, 1.54) is 12.1 Å². The summed E-state index contributed by atoms with van der Waals surface area (Å²) >= 11 is 4.86. The predicted octanol–water partition coefficient (Wildman–Crippen LogP) is 0.0436. The quantitative estimate of drug-likeness (QED) is 0.644. The van der Waals surface area contributed by atoms with Crippen LogP contribution in [-0.2, 0) is 14.8 Å². The standard InChI is InChI=1S/C12H17N3O3S2/c1-3-14-11(16)7-15-20(17,18)9-4-5-10(12(13)19)8(2)6-9/h4-6,15H,3,7H2,1-2H3,(H2,13,19)(H,14,16). The third kappa shape index (κ3) is 4.26. The first-order valence-corrected chi connectivity index (χ1v) is 7.84. The Balaban J connectivity index is 2.91. The second-order valence-corrected chi connectivity index (χ2v) is 6.33. The van der Waals surface area contributed by atoms with Crippen molar-refractivity contribution in [3.63, 3.8) is 0 Å². The number of thiocarbonyl (C=S) groups is 1. The number of carbonyl (C=O) groups is 1. The Morgan fingerprint density at radius 1 is 1.40 bits per heavy atom. The van der Waals surface area contributed by atoms with Crippen LogP contribution in [0.4, 0.5) is 0 Å². The molecule has 0 atom stereocenters. The summed E-state index contributed by atoms with van der Waals surface area (Å²) in [6.45, 7) is 3.62. The Morgan fingerprint density at radius 2 is 2.05 bits per heavy atom. The number of sulfonamides is 1. The van der Waals surface area contributed by atoms with Gasteiger partial charge in [-0.3, -0.25) is 4.79 Å². The van der Waals surface area contributed by atoms with Crippen LogP contribution in [0.5, 0.6) is 0 Å². The van der Waals surface area contributed by atoms with Crippen molar-refractivity contribution >= 4 is 33.1 Å². The molecule has 1 aromatic carbocycles. The number of rotatable bonds is 6.